The molecule has 2 rings (SSSR count). The van der Waals surface area contributed by atoms with Crippen LogP contribution in [0.15, 0.2) is 42.7 Å². The largest absolute Gasteiger partial charge is 0.504 e. The number of carbonyl (C=O) groups is 1. The van der Waals surface area contributed by atoms with E-state index in [-0.39, 0.29) is 11.5 Å². The van der Waals surface area contributed by atoms with Crippen LogP contribution in [-0.4, -0.2) is 21.2 Å². The highest BCUT2D eigenvalue weighted by atomic mass is 16.5. The second kappa shape index (κ2) is 6.06. The molecule has 0 radical (unpaired) electrons. The van der Waals surface area contributed by atoms with Crippen LogP contribution in [-0.2, 0) is 16.0 Å². The van der Waals surface area contributed by atoms with Gasteiger partial charge in [-0.1, -0.05) is 6.07 Å². The van der Waals surface area contributed by atoms with Gasteiger partial charge < -0.3 is 14.9 Å². The molecule has 0 spiro atoms. The van der Waals surface area contributed by atoms with Crippen molar-refractivity contribution >= 4 is 5.97 Å². The Balaban J connectivity index is 2.27. The summed E-state index contributed by atoms with van der Waals surface area (Å²) in [7, 11) is 0. The standard InChI is InChI=1S/C15H15NO4/c1-10(17)20-15(8-11-4-6-16-7-5-11)12-2-3-13(18)14(19)9-12/h2-7,9,15,18-19H,8H2,1H3. The fraction of sp³-hybridized carbons (Fsp3) is 0.200. The maximum absolute atomic E-state index is 11.2. The van der Waals surface area contributed by atoms with Crippen molar-refractivity contribution in [2.45, 2.75) is 19.4 Å². The normalized spacial score (nSPS) is 11.8. The van der Waals surface area contributed by atoms with Crippen molar-refractivity contribution in [2.75, 3.05) is 0 Å². The lowest BCUT2D eigenvalue weighted by molar-refractivity contribution is -0.146. The third kappa shape index (κ3) is 3.47. The van der Waals surface area contributed by atoms with E-state index in [1.165, 1.54) is 19.1 Å². The first-order valence-corrected chi connectivity index (χ1v) is 6.14. The molecule has 0 fully saturated rings. The Morgan fingerprint density at radius 1 is 1.20 bits per heavy atom. The molecule has 5 nitrogen and oxygen atoms in total. The van der Waals surface area contributed by atoms with Crippen molar-refractivity contribution in [3.8, 4) is 11.5 Å². The fourth-order valence-corrected chi connectivity index (χ4v) is 1.90. The molecule has 1 unspecified atom stereocenters. The molecule has 1 heterocycles. The number of hydrogen-bond donors (Lipinski definition) is 2. The first-order chi connectivity index (χ1) is 9.56. The summed E-state index contributed by atoms with van der Waals surface area (Å²) >= 11 is 0. The van der Waals surface area contributed by atoms with E-state index in [1.807, 2.05) is 12.1 Å². The molecule has 1 aromatic heterocycles. The number of phenolic OH excluding ortho intramolecular Hbond substituents is 2. The zero-order valence-corrected chi connectivity index (χ0v) is 11.0. The van der Waals surface area contributed by atoms with Crippen molar-refractivity contribution in [2.24, 2.45) is 0 Å². The Hall–Kier alpha value is -2.56. The van der Waals surface area contributed by atoms with E-state index in [2.05, 4.69) is 4.98 Å². The van der Waals surface area contributed by atoms with Gasteiger partial charge in [0.2, 0.25) is 0 Å². The Bertz CT molecular complexity index is 598. The fourth-order valence-electron chi connectivity index (χ4n) is 1.90. The monoisotopic (exact) mass is 273 g/mol. The molecule has 2 N–H and O–H groups in total. The second-order valence-corrected chi connectivity index (χ2v) is 4.41. The number of esters is 1. The van der Waals surface area contributed by atoms with Gasteiger partial charge in [0.05, 0.1) is 0 Å². The zero-order valence-electron chi connectivity index (χ0n) is 11.0. The highest BCUT2D eigenvalue weighted by molar-refractivity contribution is 5.66. The van der Waals surface area contributed by atoms with Crippen LogP contribution in [0.1, 0.15) is 24.2 Å². The Morgan fingerprint density at radius 2 is 1.90 bits per heavy atom. The summed E-state index contributed by atoms with van der Waals surface area (Å²) in [6.45, 7) is 1.33. The van der Waals surface area contributed by atoms with Gasteiger partial charge in [0.15, 0.2) is 11.5 Å². The van der Waals surface area contributed by atoms with Gasteiger partial charge in [0.1, 0.15) is 6.10 Å². The van der Waals surface area contributed by atoms with Crippen LogP contribution in [0.3, 0.4) is 0 Å². The minimum absolute atomic E-state index is 0.209. The number of benzene rings is 1. The van der Waals surface area contributed by atoms with E-state index in [0.29, 0.717) is 12.0 Å². The molecule has 0 aliphatic carbocycles. The van der Waals surface area contributed by atoms with Gasteiger partial charge in [-0.15, -0.1) is 0 Å². The van der Waals surface area contributed by atoms with Crippen molar-refractivity contribution in [3.05, 3.63) is 53.9 Å². The van der Waals surface area contributed by atoms with Gasteiger partial charge in [-0.3, -0.25) is 9.78 Å². The third-order valence-corrected chi connectivity index (χ3v) is 2.85. The maximum atomic E-state index is 11.2. The first kappa shape index (κ1) is 13.9. The summed E-state index contributed by atoms with van der Waals surface area (Å²) in [5.74, 6) is -0.856. The number of aromatic hydroxyl groups is 2. The number of pyridine rings is 1. The molecule has 0 amide bonds. The van der Waals surface area contributed by atoms with E-state index in [0.717, 1.165) is 5.56 Å². The maximum Gasteiger partial charge on any atom is 0.303 e. The number of phenols is 2. The Kier molecular flexibility index (Phi) is 4.20. The SMILES string of the molecule is CC(=O)OC(Cc1ccncc1)c1ccc(O)c(O)c1. The summed E-state index contributed by atoms with van der Waals surface area (Å²) in [4.78, 5) is 15.2. The summed E-state index contributed by atoms with van der Waals surface area (Å²) < 4.78 is 5.28. The molecule has 0 saturated heterocycles. The minimum Gasteiger partial charge on any atom is -0.504 e. The van der Waals surface area contributed by atoms with Crippen LogP contribution in [0, 0.1) is 0 Å². The van der Waals surface area contributed by atoms with Gasteiger partial charge >= 0.3 is 5.97 Å². The van der Waals surface area contributed by atoms with Crippen LogP contribution in [0.4, 0.5) is 0 Å². The molecule has 1 atom stereocenters. The minimum atomic E-state index is -0.526. The Morgan fingerprint density at radius 3 is 2.50 bits per heavy atom. The molecule has 0 aliphatic heterocycles. The van der Waals surface area contributed by atoms with E-state index >= 15 is 0 Å². The summed E-state index contributed by atoms with van der Waals surface area (Å²) in [6, 6.07) is 8.04. The zero-order chi connectivity index (χ0) is 14.5. The topological polar surface area (TPSA) is 79.7 Å². The van der Waals surface area contributed by atoms with Gasteiger partial charge in [-0.25, -0.2) is 0 Å². The summed E-state index contributed by atoms with van der Waals surface area (Å²) in [5, 5.41) is 18.9. The number of hydrogen-bond acceptors (Lipinski definition) is 5. The van der Waals surface area contributed by atoms with Crippen LogP contribution in [0.25, 0.3) is 0 Å². The number of aromatic nitrogens is 1. The van der Waals surface area contributed by atoms with E-state index in [1.54, 1.807) is 18.5 Å². The molecular weight excluding hydrogens is 258 g/mol. The van der Waals surface area contributed by atoms with Gasteiger partial charge in [-0.05, 0) is 35.4 Å². The molecule has 20 heavy (non-hydrogen) atoms. The molecule has 0 aliphatic rings. The average Bonchev–Trinajstić information content (AvgIpc) is 2.42. The van der Waals surface area contributed by atoms with E-state index in [9.17, 15) is 15.0 Å². The first-order valence-electron chi connectivity index (χ1n) is 6.14. The van der Waals surface area contributed by atoms with Gasteiger partial charge in [0.25, 0.3) is 0 Å². The van der Waals surface area contributed by atoms with Crippen LogP contribution in [0.2, 0.25) is 0 Å². The van der Waals surface area contributed by atoms with Crippen LogP contribution < -0.4 is 0 Å². The van der Waals surface area contributed by atoms with Gasteiger partial charge in [0, 0.05) is 25.7 Å². The third-order valence-electron chi connectivity index (χ3n) is 2.85. The lowest BCUT2D eigenvalue weighted by Crippen LogP contribution is -2.11. The van der Waals surface area contributed by atoms with Gasteiger partial charge in [-0.2, -0.15) is 0 Å². The average molecular weight is 273 g/mol. The molecule has 0 saturated carbocycles. The lowest BCUT2D eigenvalue weighted by Gasteiger charge is -2.18. The van der Waals surface area contributed by atoms with Crippen molar-refractivity contribution < 1.29 is 19.7 Å². The second-order valence-electron chi connectivity index (χ2n) is 4.41. The molecule has 1 aromatic carbocycles. The van der Waals surface area contributed by atoms with E-state index < -0.39 is 12.1 Å². The molecule has 104 valence electrons. The number of carbonyl (C=O) groups excluding carboxylic acids is 1. The molecule has 5 heteroatoms. The molecule has 2 aromatic rings. The van der Waals surface area contributed by atoms with Crippen molar-refractivity contribution in [1.82, 2.24) is 4.98 Å². The summed E-state index contributed by atoms with van der Waals surface area (Å²) in [6.07, 6.45) is 3.26. The lowest BCUT2D eigenvalue weighted by atomic mass is 10.0. The summed E-state index contributed by atoms with van der Waals surface area (Å²) in [5.41, 5.74) is 1.58. The predicted octanol–water partition coefficient (Wildman–Crippen LogP) is 2.34. The predicted molar refractivity (Wildman–Crippen MR) is 72.2 cm³/mol. The molecular formula is C15H15NO4. The number of ether oxygens (including phenoxy) is 1. The van der Waals surface area contributed by atoms with Crippen LogP contribution >= 0.6 is 0 Å². The quantitative estimate of drug-likeness (QED) is 0.660. The number of rotatable bonds is 4. The highest BCUT2D eigenvalue weighted by Crippen LogP contribution is 2.30. The molecule has 0 bridgehead atoms. The van der Waals surface area contributed by atoms with Crippen molar-refractivity contribution in [3.63, 3.8) is 0 Å². The van der Waals surface area contributed by atoms with Crippen molar-refractivity contribution in [1.29, 1.82) is 0 Å². The smallest absolute Gasteiger partial charge is 0.303 e. The van der Waals surface area contributed by atoms with E-state index in [4.69, 9.17) is 4.74 Å². The Labute approximate surface area is 116 Å². The highest BCUT2D eigenvalue weighted by Gasteiger charge is 2.17. The van der Waals surface area contributed by atoms with Crippen LogP contribution in [0.5, 0.6) is 11.5 Å². The number of nitrogens with zero attached hydrogens (tertiary/aromatic N) is 1.